The molecule has 0 fully saturated rings. The SMILES string of the molecule is C[B]C(/C=C\C)CC(/C=C\CCC(CCC)NCCC)=C/C. The van der Waals surface area contributed by atoms with Gasteiger partial charge in [-0.2, -0.15) is 0 Å². The molecule has 2 unspecified atom stereocenters. The van der Waals surface area contributed by atoms with Crippen LogP contribution in [0, 0.1) is 0 Å². The highest BCUT2D eigenvalue weighted by Crippen LogP contribution is 2.19. The summed E-state index contributed by atoms with van der Waals surface area (Å²) in [5.41, 5.74) is 1.44. The van der Waals surface area contributed by atoms with Crippen molar-refractivity contribution in [2.45, 2.75) is 84.9 Å². The molecule has 0 aliphatic heterocycles. The number of hydrogen-bond acceptors (Lipinski definition) is 1. The first-order valence-corrected chi connectivity index (χ1v) is 9.19. The van der Waals surface area contributed by atoms with Crippen molar-refractivity contribution in [3.05, 3.63) is 36.0 Å². The lowest BCUT2D eigenvalue weighted by Gasteiger charge is -2.16. The molecule has 1 nitrogen and oxygen atoms in total. The van der Waals surface area contributed by atoms with Crippen molar-refractivity contribution in [1.29, 1.82) is 0 Å². The summed E-state index contributed by atoms with van der Waals surface area (Å²) in [4.78, 5) is 0. The molecule has 0 aromatic carbocycles. The summed E-state index contributed by atoms with van der Waals surface area (Å²) in [7, 11) is 2.28. The van der Waals surface area contributed by atoms with Crippen LogP contribution in [0.4, 0.5) is 0 Å². The molecule has 1 N–H and O–H groups in total. The van der Waals surface area contributed by atoms with Crippen LogP contribution < -0.4 is 5.32 Å². The van der Waals surface area contributed by atoms with Crippen molar-refractivity contribution in [2.75, 3.05) is 6.54 Å². The largest absolute Gasteiger partial charge is 0.314 e. The molecule has 125 valence electrons. The van der Waals surface area contributed by atoms with Gasteiger partial charge in [0.15, 0.2) is 0 Å². The zero-order chi connectivity index (χ0) is 16.6. The highest BCUT2D eigenvalue weighted by molar-refractivity contribution is 6.36. The molecular weight excluding hydrogens is 265 g/mol. The van der Waals surface area contributed by atoms with Crippen LogP contribution in [0.3, 0.4) is 0 Å². The molecule has 0 bridgehead atoms. The Labute approximate surface area is 140 Å². The standard InChI is InChI=1S/C20H37BN/c1-6-12-19(21-5)17-18(9-4)14-10-11-15-20(13-7-2)22-16-8-3/h6,9-10,12,14,19-20,22H,7-8,11,13,15-17H2,1-5H3/b12-6-,14-10-,18-9+. The maximum absolute atomic E-state index is 3.67. The number of rotatable bonds is 13. The molecule has 0 aliphatic carbocycles. The molecule has 2 heteroatoms. The second-order valence-electron chi connectivity index (χ2n) is 6.01. The Kier molecular flexibility index (Phi) is 14.6. The van der Waals surface area contributed by atoms with Gasteiger partial charge < -0.3 is 5.32 Å². The smallest absolute Gasteiger partial charge is 0.115 e. The Morgan fingerprint density at radius 2 is 1.91 bits per heavy atom. The van der Waals surface area contributed by atoms with Crippen LogP contribution in [0.5, 0.6) is 0 Å². The maximum atomic E-state index is 3.67. The van der Waals surface area contributed by atoms with Crippen molar-refractivity contribution in [2.24, 2.45) is 0 Å². The Hall–Kier alpha value is -0.755. The predicted molar refractivity (Wildman–Crippen MR) is 104 cm³/mol. The molecule has 22 heavy (non-hydrogen) atoms. The van der Waals surface area contributed by atoms with Gasteiger partial charge in [-0.1, -0.05) is 63.0 Å². The summed E-state index contributed by atoms with van der Waals surface area (Å²) in [6, 6.07) is 0.684. The van der Waals surface area contributed by atoms with Crippen molar-refractivity contribution in [1.82, 2.24) is 5.32 Å². The summed E-state index contributed by atoms with van der Waals surface area (Å²) in [5, 5.41) is 3.67. The minimum absolute atomic E-state index is 0.555. The summed E-state index contributed by atoms with van der Waals surface area (Å²) < 4.78 is 0. The fourth-order valence-electron chi connectivity index (χ4n) is 2.68. The van der Waals surface area contributed by atoms with Crippen LogP contribution in [-0.4, -0.2) is 19.9 Å². The third-order valence-electron chi connectivity index (χ3n) is 4.04. The lowest BCUT2D eigenvalue weighted by molar-refractivity contribution is 0.451. The molecule has 0 amide bonds. The molecule has 0 rings (SSSR count). The molecule has 2 atom stereocenters. The summed E-state index contributed by atoms with van der Waals surface area (Å²) in [5.74, 6) is 0.555. The minimum Gasteiger partial charge on any atom is -0.314 e. The van der Waals surface area contributed by atoms with Gasteiger partial charge in [-0.15, -0.1) is 0 Å². The Morgan fingerprint density at radius 3 is 2.45 bits per heavy atom. The van der Waals surface area contributed by atoms with Crippen LogP contribution in [0.15, 0.2) is 36.0 Å². The van der Waals surface area contributed by atoms with Crippen molar-refractivity contribution in [3.63, 3.8) is 0 Å². The number of nitrogens with one attached hydrogen (secondary N) is 1. The van der Waals surface area contributed by atoms with E-state index in [-0.39, 0.29) is 0 Å². The zero-order valence-electron chi connectivity index (χ0n) is 15.6. The first-order valence-electron chi connectivity index (χ1n) is 9.19. The van der Waals surface area contributed by atoms with Gasteiger partial charge in [-0.25, -0.2) is 0 Å². The maximum Gasteiger partial charge on any atom is 0.115 e. The third kappa shape index (κ3) is 10.9. The lowest BCUT2D eigenvalue weighted by Crippen LogP contribution is -2.29. The van der Waals surface area contributed by atoms with Gasteiger partial charge in [0, 0.05) is 6.04 Å². The fourth-order valence-corrected chi connectivity index (χ4v) is 2.68. The molecule has 1 radical (unpaired) electrons. The quantitative estimate of drug-likeness (QED) is 0.252. The van der Waals surface area contributed by atoms with E-state index in [1.807, 2.05) is 0 Å². The van der Waals surface area contributed by atoms with E-state index in [2.05, 4.69) is 77.5 Å². The van der Waals surface area contributed by atoms with E-state index in [0.717, 1.165) is 13.0 Å². The van der Waals surface area contributed by atoms with Crippen molar-refractivity contribution >= 4 is 7.28 Å². The topological polar surface area (TPSA) is 12.0 Å². The Balaban J connectivity index is 4.25. The average Bonchev–Trinajstić information content (AvgIpc) is 2.54. The van der Waals surface area contributed by atoms with E-state index < -0.39 is 0 Å². The predicted octanol–water partition coefficient (Wildman–Crippen LogP) is 5.94. The molecule has 0 aromatic heterocycles. The summed E-state index contributed by atoms with van der Waals surface area (Å²) in [6.07, 6.45) is 18.7. The van der Waals surface area contributed by atoms with Gasteiger partial charge >= 0.3 is 0 Å². The van der Waals surface area contributed by atoms with E-state index >= 15 is 0 Å². The molecule has 0 saturated heterocycles. The van der Waals surface area contributed by atoms with E-state index in [1.165, 1.54) is 37.7 Å². The van der Waals surface area contributed by atoms with Gasteiger partial charge in [0.05, 0.1) is 0 Å². The average molecular weight is 302 g/mol. The highest BCUT2D eigenvalue weighted by Gasteiger charge is 2.06. The summed E-state index contributed by atoms with van der Waals surface area (Å²) in [6.45, 7) is 12.0. The normalized spacial score (nSPS) is 15.6. The van der Waals surface area contributed by atoms with Gasteiger partial charge in [0.2, 0.25) is 0 Å². The number of hydrogen-bond donors (Lipinski definition) is 1. The van der Waals surface area contributed by atoms with Crippen LogP contribution in [0.2, 0.25) is 12.6 Å². The van der Waals surface area contributed by atoms with Gasteiger partial charge in [0.1, 0.15) is 7.28 Å². The second kappa shape index (κ2) is 15.2. The first kappa shape index (κ1) is 21.2. The van der Waals surface area contributed by atoms with Gasteiger partial charge in [-0.3, -0.25) is 0 Å². The summed E-state index contributed by atoms with van der Waals surface area (Å²) >= 11 is 0. The van der Waals surface area contributed by atoms with Crippen LogP contribution >= 0.6 is 0 Å². The first-order chi connectivity index (χ1) is 10.7. The molecule has 0 spiro atoms. The van der Waals surface area contributed by atoms with E-state index in [9.17, 15) is 0 Å². The zero-order valence-corrected chi connectivity index (χ0v) is 15.6. The molecular formula is C20H37BN. The molecule has 0 aromatic rings. The monoisotopic (exact) mass is 302 g/mol. The van der Waals surface area contributed by atoms with Gasteiger partial charge in [0.25, 0.3) is 0 Å². The second-order valence-corrected chi connectivity index (χ2v) is 6.01. The van der Waals surface area contributed by atoms with Crippen LogP contribution in [-0.2, 0) is 0 Å². The molecule has 0 saturated carbocycles. The Morgan fingerprint density at radius 1 is 1.14 bits per heavy atom. The Bertz CT molecular complexity index is 331. The van der Waals surface area contributed by atoms with Crippen LogP contribution in [0.25, 0.3) is 0 Å². The van der Waals surface area contributed by atoms with E-state index in [1.54, 1.807) is 0 Å². The fraction of sp³-hybridized carbons (Fsp3) is 0.700. The molecule has 0 aliphatic rings. The lowest BCUT2D eigenvalue weighted by atomic mass is 9.64. The van der Waals surface area contributed by atoms with E-state index in [0.29, 0.717) is 11.9 Å². The van der Waals surface area contributed by atoms with Crippen LogP contribution in [0.1, 0.15) is 66.2 Å². The van der Waals surface area contributed by atoms with Gasteiger partial charge in [-0.05, 0) is 58.3 Å². The van der Waals surface area contributed by atoms with Crippen molar-refractivity contribution < 1.29 is 0 Å². The number of allylic oxidation sites excluding steroid dienone is 6. The molecule has 0 heterocycles. The van der Waals surface area contributed by atoms with E-state index in [4.69, 9.17) is 0 Å². The highest BCUT2D eigenvalue weighted by atomic mass is 14.9. The third-order valence-corrected chi connectivity index (χ3v) is 4.04. The minimum atomic E-state index is 0.555. The van der Waals surface area contributed by atoms with Crippen molar-refractivity contribution in [3.8, 4) is 0 Å².